The number of carbonyl (C=O) groups excluding carboxylic acids is 2. The van der Waals surface area contributed by atoms with Crippen molar-refractivity contribution in [3.05, 3.63) is 35.9 Å². The maximum Gasteiger partial charge on any atom is 0.302 e. The van der Waals surface area contributed by atoms with Gasteiger partial charge < -0.3 is 10.5 Å². The first-order chi connectivity index (χ1) is 7.47. The topological polar surface area (TPSA) is 69.4 Å². The smallest absolute Gasteiger partial charge is 0.302 e. The van der Waals surface area contributed by atoms with E-state index in [2.05, 4.69) is 0 Å². The van der Waals surface area contributed by atoms with E-state index in [1.54, 1.807) is 19.1 Å². The third-order valence-electron chi connectivity index (χ3n) is 2.52. The van der Waals surface area contributed by atoms with Crippen molar-refractivity contribution in [2.24, 2.45) is 5.73 Å². The highest BCUT2D eigenvalue weighted by atomic mass is 16.5. The van der Waals surface area contributed by atoms with E-state index in [4.69, 9.17) is 10.5 Å². The summed E-state index contributed by atoms with van der Waals surface area (Å²) in [5.41, 5.74) is 5.12. The van der Waals surface area contributed by atoms with Crippen molar-refractivity contribution in [1.82, 2.24) is 0 Å². The first kappa shape index (κ1) is 12.2. The molecule has 1 aromatic rings. The van der Waals surface area contributed by atoms with E-state index in [1.807, 2.05) is 18.2 Å². The molecular weight excluding hydrogens is 206 g/mol. The van der Waals surface area contributed by atoms with Gasteiger partial charge in [0, 0.05) is 6.92 Å². The highest BCUT2D eigenvalue weighted by Crippen LogP contribution is 2.23. The molecule has 0 fully saturated rings. The number of primary amides is 1. The van der Waals surface area contributed by atoms with Crippen LogP contribution >= 0.6 is 0 Å². The van der Waals surface area contributed by atoms with Crippen LogP contribution in [0.4, 0.5) is 0 Å². The molecule has 0 saturated carbocycles. The molecule has 4 heteroatoms. The van der Waals surface area contributed by atoms with E-state index < -0.39 is 17.3 Å². The summed E-state index contributed by atoms with van der Waals surface area (Å²) >= 11 is 0. The average Bonchev–Trinajstić information content (AvgIpc) is 2.26. The molecule has 86 valence electrons. The highest BCUT2D eigenvalue weighted by Gasteiger charge is 2.34. The minimum absolute atomic E-state index is 0.0400. The Morgan fingerprint density at radius 3 is 2.31 bits per heavy atom. The lowest BCUT2D eigenvalue weighted by molar-refractivity contribution is -0.144. The summed E-state index contributed by atoms with van der Waals surface area (Å²) in [6, 6.07) is 9.04. The van der Waals surface area contributed by atoms with Gasteiger partial charge in [-0.25, -0.2) is 0 Å². The minimum atomic E-state index is -0.979. The van der Waals surface area contributed by atoms with Gasteiger partial charge in [0.2, 0.25) is 5.91 Å². The number of rotatable bonds is 4. The van der Waals surface area contributed by atoms with Gasteiger partial charge in [0.05, 0.1) is 0 Å². The van der Waals surface area contributed by atoms with Crippen LogP contribution in [-0.4, -0.2) is 18.5 Å². The lowest BCUT2D eigenvalue weighted by Gasteiger charge is -2.25. The minimum Gasteiger partial charge on any atom is -0.464 e. The van der Waals surface area contributed by atoms with Crippen LogP contribution in [0, 0.1) is 0 Å². The molecule has 0 spiro atoms. The van der Waals surface area contributed by atoms with Gasteiger partial charge in [-0.1, -0.05) is 30.3 Å². The van der Waals surface area contributed by atoms with Crippen molar-refractivity contribution >= 4 is 11.9 Å². The molecule has 0 radical (unpaired) electrons. The van der Waals surface area contributed by atoms with Crippen LogP contribution in [0.1, 0.15) is 19.4 Å². The summed E-state index contributed by atoms with van der Waals surface area (Å²) in [7, 11) is 0. The first-order valence-corrected chi connectivity index (χ1v) is 4.95. The summed E-state index contributed by atoms with van der Waals surface area (Å²) in [5.74, 6) is -0.941. The Hall–Kier alpha value is -1.84. The molecule has 1 rings (SSSR count). The summed E-state index contributed by atoms with van der Waals surface area (Å²) in [4.78, 5) is 22.2. The largest absolute Gasteiger partial charge is 0.464 e. The van der Waals surface area contributed by atoms with Crippen LogP contribution in [0.15, 0.2) is 30.3 Å². The number of ether oxygens (including phenoxy) is 1. The number of hydrogen-bond donors (Lipinski definition) is 1. The Morgan fingerprint density at radius 1 is 1.31 bits per heavy atom. The Labute approximate surface area is 94.4 Å². The van der Waals surface area contributed by atoms with Crippen LogP contribution < -0.4 is 5.73 Å². The van der Waals surface area contributed by atoms with Crippen LogP contribution in [-0.2, 0) is 19.7 Å². The molecule has 0 unspecified atom stereocenters. The molecule has 4 nitrogen and oxygen atoms in total. The van der Waals surface area contributed by atoms with Gasteiger partial charge in [-0.15, -0.1) is 0 Å². The number of hydrogen-bond acceptors (Lipinski definition) is 3. The maximum atomic E-state index is 11.5. The second-order valence-corrected chi connectivity index (χ2v) is 3.84. The molecule has 0 saturated heterocycles. The second-order valence-electron chi connectivity index (χ2n) is 3.84. The summed E-state index contributed by atoms with van der Waals surface area (Å²) in [6.07, 6.45) is 0. The standard InChI is InChI=1S/C12H15NO3/c1-9(14)16-8-12(2,11(13)15)10-6-4-3-5-7-10/h3-7H,8H2,1-2H3,(H2,13,15)/t12-/m0/s1. The number of nitrogens with two attached hydrogens (primary N) is 1. The molecule has 16 heavy (non-hydrogen) atoms. The van der Waals surface area contributed by atoms with Crippen molar-refractivity contribution in [3.63, 3.8) is 0 Å². The number of carbonyl (C=O) groups is 2. The predicted molar refractivity (Wildman–Crippen MR) is 59.6 cm³/mol. The predicted octanol–water partition coefficient (Wildman–Crippen LogP) is 0.993. The SMILES string of the molecule is CC(=O)OC[C@](C)(C(N)=O)c1ccccc1. The van der Waals surface area contributed by atoms with Crippen LogP contribution in [0.3, 0.4) is 0 Å². The molecule has 1 aromatic carbocycles. The van der Waals surface area contributed by atoms with Gasteiger partial charge in [-0.05, 0) is 12.5 Å². The maximum absolute atomic E-state index is 11.5. The zero-order chi connectivity index (χ0) is 12.2. The molecule has 1 amide bonds. The van der Waals surface area contributed by atoms with Gasteiger partial charge >= 0.3 is 5.97 Å². The fourth-order valence-corrected chi connectivity index (χ4v) is 1.35. The van der Waals surface area contributed by atoms with Crippen molar-refractivity contribution < 1.29 is 14.3 Å². The lowest BCUT2D eigenvalue weighted by atomic mass is 9.82. The fourth-order valence-electron chi connectivity index (χ4n) is 1.35. The van der Waals surface area contributed by atoms with Gasteiger partial charge in [0.25, 0.3) is 0 Å². The van der Waals surface area contributed by atoms with Gasteiger partial charge in [0.15, 0.2) is 0 Å². The molecule has 0 aromatic heterocycles. The zero-order valence-electron chi connectivity index (χ0n) is 9.40. The zero-order valence-corrected chi connectivity index (χ0v) is 9.40. The van der Waals surface area contributed by atoms with Crippen LogP contribution in [0.2, 0.25) is 0 Å². The van der Waals surface area contributed by atoms with E-state index in [1.165, 1.54) is 6.92 Å². The molecule has 0 aliphatic carbocycles. The van der Waals surface area contributed by atoms with Crippen molar-refractivity contribution in [2.45, 2.75) is 19.3 Å². The van der Waals surface area contributed by atoms with Crippen molar-refractivity contribution in [2.75, 3.05) is 6.61 Å². The number of esters is 1. The third kappa shape index (κ3) is 2.59. The molecule has 0 bridgehead atoms. The van der Waals surface area contributed by atoms with Gasteiger partial charge in [-0.2, -0.15) is 0 Å². The Balaban J connectivity index is 2.98. The molecule has 0 aliphatic rings. The Morgan fingerprint density at radius 2 is 1.88 bits per heavy atom. The average molecular weight is 221 g/mol. The number of benzene rings is 1. The Kier molecular flexibility index (Phi) is 3.66. The second kappa shape index (κ2) is 4.79. The summed E-state index contributed by atoms with van der Waals surface area (Å²) < 4.78 is 4.88. The van der Waals surface area contributed by atoms with Crippen molar-refractivity contribution in [3.8, 4) is 0 Å². The quantitative estimate of drug-likeness (QED) is 0.771. The molecule has 1 atom stereocenters. The summed E-state index contributed by atoms with van der Waals surface area (Å²) in [6.45, 7) is 2.92. The first-order valence-electron chi connectivity index (χ1n) is 4.95. The van der Waals surface area contributed by atoms with Gasteiger partial charge in [-0.3, -0.25) is 9.59 Å². The molecule has 0 heterocycles. The van der Waals surface area contributed by atoms with E-state index in [-0.39, 0.29) is 6.61 Å². The number of amides is 1. The van der Waals surface area contributed by atoms with Gasteiger partial charge in [0.1, 0.15) is 12.0 Å². The third-order valence-corrected chi connectivity index (χ3v) is 2.52. The van der Waals surface area contributed by atoms with Crippen molar-refractivity contribution in [1.29, 1.82) is 0 Å². The van der Waals surface area contributed by atoms with Crippen LogP contribution in [0.5, 0.6) is 0 Å². The van der Waals surface area contributed by atoms with E-state index in [0.29, 0.717) is 0 Å². The monoisotopic (exact) mass is 221 g/mol. The fraction of sp³-hybridized carbons (Fsp3) is 0.333. The Bertz CT molecular complexity index is 389. The van der Waals surface area contributed by atoms with E-state index in [0.717, 1.165) is 5.56 Å². The molecule has 0 aliphatic heterocycles. The van der Waals surface area contributed by atoms with Crippen LogP contribution in [0.25, 0.3) is 0 Å². The molecule has 2 N–H and O–H groups in total. The van der Waals surface area contributed by atoms with E-state index >= 15 is 0 Å². The lowest BCUT2D eigenvalue weighted by Crippen LogP contribution is -2.42. The normalized spacial score (nSPS) is 13.9. The summed E-state index contributed by atoms with van der Waals surface area (Å²) in [5, 5.41) is 0. The highest BCUT2D eigenvalue weighted by molar-refractivity contribution is 5.86. The molecular formula is C12H15NO3. The van der Waals surface area contributed by atoms with E-state index in [9.17, 15) is 9.59 Å².